The molecule has 0 bridgehead atoms. The standard InChI is InChI=1S/C10H17NO2/c1-7(2)8(6-11)13-9(12)10(3,4)5/h7-8H,1-5H3. The number of nitriles is 1. The Morgan fingerprint density at radius 3 is 2.08 bits per heavy atom. The summed E-state index contributed by atoms with van der Waals surface area (Å²) in [6, 6.07) is 1.96. The molecular weight excluding hydrogens is 166 g/mol. The summed E-state index contributed by atoms with van der Waals surface area (Å²) in [5, 5.41) is 8.68. The molecule has 0 aromatic rings. The van der Waals surface area contributed by atoms with Gasteiger partial charge < -0.3 is 4.74 Å². The van der Waals surface area contributed by atoms with Gasteiger partial charge in [-0.25, -0.2) is 0 Å². The molecule has 13 heavy (non-hydrogen) atoms. The maximum absolute atomic E-state index is 11.4. The molecule has 3 heteroatoms. The smallest absolute Gasteiger partial charge is 0.312 e. The van der Waals surface area contributed by atoms with Crippen LogP contribution in [0.5, 0.6) is 0 Å². The van der Waals surface area contributed by atoms with E-state index in [2.05, 4.69) is 0 Å². The summed E-state index contributed by atoms with van der Waals surface area (Å²) in [4.78, 5) is 11.4. The van der Waals surface area contributed by atoms with Gasteiger partial charge in [0.25, 0.3) is 0 Å². The average molecular weight is 183 g/mol. The quantitative estimate of drug-likeness (QED) is 0.616. The van der Waals surface area contributed by atoms with Gasteiger partial charge in [-0.3, -0.25) is 4.79 Å². The van der Waals surface area contributed by atoms with Crippen LogP contribution in [0.1, 0.15) is 34.6 Å². The maximum Gasteiger partial charge on any atom is 0.312 e. The van der Waals surface area contributed by atoms with Crippen LogP contribution < -0.4 is 0 Å². The zero-order valence-corrected chi connectivity index (χ0v) is 8.92. The number of hydrogen-bond donors (Lipinski definition) is 0. The highest BCUT2D eigenvalue weighted by molar-refractivity contribution is 5.75. The first-order valence-corrected chi connectivity index (χ1v) is 4.39. The summed E-state index contributed by atoms with van der Waals surface area (Å²) in [7, 11) is 0. The topological polar surface area (TPSA) is 50.1 Å². The van der Waals surface area contributed by atoms with Gasteiger partial charge in [0.15, 0.2) is 6.10 Å². The van der Waals surface area contributed by atoms with Gasteiger partial charge in [0.1, 0.15) is 6.07 Å². The van der Waals surface area contributed by atoms with Crippen molar-refractivity contribution in [3.05, 3.63) is 0 Å². The molecule has 1 unspecified atom stereocenters. The Bertz CT molecular complexity index is 220. The molecule has 0 aromatic carbocycles. The lowest BCUT2D eigenvalue weighted by molar-refractivity contribution is -0.157. The van der Waals surface area contributed by atoms with Crippen LogP contribution >= 0.6 is 0 Å². The summed E-state index contributed by atoms with van der Waals surface area (Å²) < 4.78 is 5.03. The second-order valence-electron chi connectivity index (χ2n) is 4.45. The van der Waals surface area contributed by atoms with Crippen LogP contribution in [-0.2, 0) is 9.53 Å². The number of carbonyl (C=O) groups excluding carboxylic acids is 1. The molecule has 3 nitrogen and oxygen atoms in total. The van der Waals surface area contributed by atoms with Crippen molar-refractivity contribution in [1.29, 1.82) is 5.26 Å². The highest BCUT2D eigenvalue weighted by atomic mass is 16.5. The summed E-state index contributed by atoms with van der Waals surface area (Å²) >= 11 is 0. The van der Waals surface area contributed by atoms with Crippen LogP contribution in [0, 0.1) is 22.7 Å². The largest absolute Gasteiger partial charge is 0.446 e. The summed E-state index contributed by atoms with van der Waals surface area (Å²) in [6.07, 6.45) is -0.633. The van der Waals surface area contributed by atoms with Gasteiger partial charge in [0.2, 0.25) is 0 Å². The van der Waals surface area contributed by atoms with Crippen molar-refractivity contribution in [1.82, 2.24) is 0 Å². The lowest BCUT2D eigenvalue weighted by Crippen LogP contribution is -2.30. The second kappa shape index (κ2) is 4.27. The number of nitrogens with zero attached hydrogens (tertiary/aromatic N) is 1. The molecule has 1 atom stereocenters. The zero-order valence-electron chi connectivity index (χ0n) is 8.92. The van der Waals surface area contributed by atoms with Crippen molar-refractivity contribution in [2.45, 2.75) is 40.7 Å². The van der Waals surface area contributed by atoms with Crippen LogP contribution in [0.3, 0.4) is 0 Å². The van der Waals surface area contributed by atoms with E-state index in [0.29, 0.717) is 0 Å². The number of carbonyl (C=O) groups is 1. The SMILES string of the molecule is CC(C)C(C#N)OC(=O)C(C)(C)C. The van der Waals surface area contributed by atoms with Crippen molar-refractivity contribution < 1.29 is 9.53 Å². The molecular formula is C10H17NO2. The van der Waals surface area contributed by atoms with E-state index in [-0.39, 0.29) is 11.9 Å². The number of esters is 1. The van der Waals surface area contributed by atoms with Crippen molar-refractivity contribution in [3.8, 4) is 6.07 Å². The molecule has 0 fully saturated rings. The molecule has 74 valence electrons. The Morgan fingerprint density at radius 1 is 1.38 bits per heavy atom. The molecule has 0 aliphatic carbocycles. The molecule has 0 aliphatic heterocycles. The van der Waals surface area contributed by atoms with Gasteiger partial charge in [0.05, 0.1) is 5.41 Å². The van der Waals surface area contributed by atoms with Crippen molar-refractivity contribution >= 4 is 5.97 Å². The van der Waals surface area contributed by atoms with Crippen molar-refractivity contribution in [3.63, 3.8) is 0 Å². The Morgan fingerprint density at radius 2 is 1.85 bits per heavy atom. The van der Waals surface area contributed by atoms with Gasteiger partial charge in [-0.2, -0.15) is 5.26 Å². The fourth-order valence-corrected chi connectivity index (χ4v) is 0.604. The molecule has 0 amide bonds. The van der Waals surface area contributed by atoms with E-state index in [1.807, 2.05) is 19.9 Å². The van der Waals surface area contributed by atoms with Crippen LogP contribution in [0.4, 0.5) is 0 Å². The molecule has 0 saturated heterocycles. The normalized spacial score (nSPS) is 13.6. The predicted molar refractivity (Wildman–Crippen MR) is 49.8 cm³/mol. The first kappa shape index (κ1) is 12.0. The van der Waals surface area contributed by atoms with Gasteiger partial charge in [-0.15, -0.1) is 0 Å². The second-order valence-corrected chi connectivity index (χ2v) is 4.45. The molecule has 0 N–H and O–H groups in total. The van der Waals surface area contributed by atoms with Gasteiger partial charge in [0, 0.05) is 5.92 Å². The van der Waals surface area contributed by atoms with Crippen molar-refractivity contribution in [2.75, 3.05) is 0 Å². The molecule has 0 rings (SSSR count). The Balaban J connectivity index is 4.29. The highest BCUT2D eigenvalue weighted by Gasteiger charge is 2.27. The highest BCUT2D eigenvalue weighted by Crippen LogP contribution is 2.18. The third-order valence-corrected chi connectivity index (χ3v) is 1.58. The lowest BCUT2D eigenvalue weighted by Gasteiger charge is -2.21. The van der Waals surface area contributed by atoms with Gasteiger partial charge in [-0.05, 0) is 20.8 Å². The third-order valence-electron chi connectivity index (χ3n) is 1.58. The van der Waals surface area contributed by atoms with E-state index < -0.39 is 11.5 Å². The molecule has 0 aliphatic rings. The fourth-order valence-electron chi connectivity index (χ4n) is 0.604. The van der Waals surface area contributed by atoms with Gasteiger partial charge >= 0.3 is 5.97 Å². The first-order valence-electron chi connectivity index (χ1n) is 4.39. The summed E-state index contributed by atoms with van der Waals surface area (Å²) in [6.45, 7) is 9.01. The minimum atomic E-state index is -0.633. The van der Waals surface area contributed by atoms with E-state index in [9.17, 15) is 4.79 Å². The van der Waals surface area contributed by atoms with Crippen molar-refractivity contribution in [2.24, 2.45) is 11.3 Å². The molecule has 0 radical (unpaired) electrons. The monoisotopic (exact) mass is 183 g/mol. The number of ether oxygens (including phenoxy) is 1. The summed E-state index contributed by atoms with van der Waals surface area (Å²) in [5.74, 6) is -0.288. The minimum absolute atomic E-state index is 0.0382. The Kier molecular flexibility index (Phi) is 3.93. The van der Waals surface area contributed by atoms with E-state index in [1.165, 1.54) is 0 Å². The first-order chi connectivity index (χ1) is 5.79. The maximum atomic E-state index is 11.4. The van der Waals surface area contributed by atoms with Crippen LogP contribution in [0.25, 0.3) is 0 Å². The molecule has 0 spiro atoms. The number of hydrogen-bond acceptors (Lipinski definition) is 3. The van der Waals surface area contributed by atoms with Crippen LogP contribution in [0.2, 0.25) is 0 Å². The van der Waals surface area contributed by atoms with Crippen LogP contribution in [0.15, 0.2) is 0 Å². The van der Waals surface area contributed by atoms with Crippen LogP contribution in [-0.4, -0.2) is 12.1 Å². The van der Waals surface area contributed by atoms with E-state index in [0.717, 1.165) is 0 Å². The predicted octanol–water partition coefficient (Wildman–Crippen LogP) is 2.12. The summed E-state index contributed by atoms with van der Waals surface area (Å²) in [5.41, 5.74) is -0.538. The van der Waals surface area contributed by atoms with E-state index in [1.54, 1.807) is 20.8 Å². The number of rotatable bonds is 2. The lowest BCUT2D eigenvalue weighted by atomic mass is 9.97. The molecule has 0 aromatic heterocycles. The average Bonchev–Trinajstić information content (AvgIpc) is 1.96. The van der Waals surface area contributed by atoms with E-state index in [4.69, 9.17) is 10.00 Å². The zero-order chi connectivity index (χ0) is 10.6. The molecule has 0 heterocycles. The fraction of sp³-hybridized carbons (Fsp3) is 0.800. The minimum Gasteiger partial charge on any atom is -0.446 e. The van der Waals surface area contributed by atoms with Gasteiger partial charge in [-0.1, -0.05) is 13.8 Å². The van der Waals surface area contributed by atoms with E-state index >= 15 is 0 Å². The molecule has 0 saturated carbocycles. The Labute approximate surface area is 79.7 Å². The third kappa shape index (κ3) is 3.93. The Hall–Kier alpha value is -1.04.